The molecular formula is C18H20N2O3. The summed E-state index contributed by atoms with van der Waals surface area (Å²) in [5.41, 5.74) is 3.67. The van der Waals surface area contributed by atoms with E-state index in [2.05, 4.69) is 16.9 Å². The molecule has 1 aliphatic heterocycles. The van der Waals surface area contributed by atoms with E-state index in [0.29, 0.717) is 23.4 Å². The van der Waals surface area contributed by atoms with E-state index in [4.69, 9.17) is 4.74 Å². The zero-order valence-corrected chi connectivity index (χ0v) is 13.4. The average molecular weight is 312 g/mol. The molecule has 0 spiro atoms. The van der Waals surface area contributed by atoms with Crippen LogP contribution in [-0.4, -0.2) is 23.8 Å². The van der Waals surface area contributed by atoms with Crippen molar-refractivity contribution in [2.45, 2.75) is 32.1 Å². The van der Waals surface area contributed by atoms with Crippen molar-refractivity contribution in [3.05, 3.63) is 53.1 Å². The van der Waals surface area contributed by atoms with Crippen molar-refractivity contribution in [1.29, 1.82) is 0 Å². The Morgan fingerprint density at radius 2 is 2.17 bits per heavy atom. The van der Waals surface area contributed by atoms with Crippen molar-refractivity contribution in [3.8, 4) is 0 Å². The summed E-state index contributed by atoms with van der Waals surface area (Å²) in [7, 11) is 1.35. The van der Waals surface area contributed by atoms with Crippen LogP contribution in [-0.2, 0) is 14.3 Å². The minimum Gasteiger partial charge on any atom is -0.468 e. The second-order valence-electron chi connectivity index (χ2n) is 6.00. The van der Waals surface area contributed by atoms with E-state index in [9.17, 15) is 9.59 Å². The number of esters is 1. The summed E-state index contributed by atoms with van der Waals surface area (Å²) >= 11 is 0. The molecule has 3 rings (SSSR count). The lowest BCUT2D eigenvalue weighted by molar-refractivity contribution is -0.144. The third-order valence-corrected chi connectivity index (χ3v) is 4.47. The number of aryl methyl sites for hydroxylation is 1. The molecule has 23 heavy (non-hydrogen) atoms. The van der Waals surface area contributed by atoms with Crippen LogP contribution >= 0.6 is 0 Å². The monoisotopic (exact) mass is 312 g/mol. The molecule has 1 aromatic rings. The highest BCUT2D eigenvalue weighted by Gasteiger charge is 2.44. The van der Waals surface area contributed by atoms with Crippen molar-refractivity contribution in [2.24, 2.45) is 5.92 Å². The van der Waals surface area contributed by atoms with Gasteiger partial charge in [-0.25, -0.2) is 0 Å². The van der Waals surface area contributed by atoms with Gasteiger partial charge in [-0.2, -0.15) is 0 Å². The normalized spacial score (nSPS) is 24.1. The van der Waals surface area contributed by atoms with Crippen molar-refractivity contribution in [2.75, 3.05) is 7.11 Å². The SMILES string of the molecule is C=C1NC2=C(C(=O)CCC2)C(c2cccc(C)n2)C1C(=O)OC. The molecule has 1 N–H and O–H groups in total. The molecule has 2 aliphatic rings. The van der Waals surface area contributed by atoms with E-state index < -0.39 is 17.8 Å². The first-order valence-electron chi connectivity index (χ1n) is 7.76. The summed E-state index contributed by atoms with van der Waals surface area (Å²) < 4.78 is 4.96. The molecule has 0 amide bonds. The molecule has 0 fully saturated rings. The highest BCUT2D eigenvalue weighted by atomic mass is 16.5. The molecule has 2 atom stereocenters. The van der Waals surface area contributed by atoms with Crippen LogP contribution in [0.15, 0.2) is 41.7 Å². The molecule has 0 radical (unpaired) electrons. The maximum atomic E-state index is 12.6. The van der Waals surface area contributed by atoms with E-state index in [0.717, 1.165) is 24.2 Å². The fraction of sp³-hybridized carbons (Fsp3) is 0.389. The quantitative estimate of drug-likeness (QED) is 0.849. The Balaban J connectivity index is 2.18. The Morgan fingerprint density at radius 1 is 1.39 bits per heavy atom. The molecule has 1 aliphatic carbocycles. The van der Waals surface area contributed by atoms with Crippen LogP contribution in [0.3, 0.4) is 0 Å². The Morgan fingerprint density at radius 3 is 2.87 bits per heavy atom. The van der Waals surface area contributed by atoms with Crippen LogP contribution in [0.25, 0.3) is 0 Å². The second kappa shape index (κ2) is 5.99. The first-order valence-corrected chi connectivity index (χ1v) is 7.76. The Hall–Kier alpha value is -2.43. The lowest BCUT2D eigenvalue weighted by atomic mass is 9.73. The minimum absolute atomic E-state index is 0.0773. The number of hydrogen-bond donors (Lipinski definition) is 1. The molecule has 0 bridgehead atoms. The standard InChI is InChI=1S/C18H20N2O3/c1-10-6-4-7-13(19-10)17-15(18(22)23-3)11(2)20-12-8-5-9-14(21)16(12)17/h4,6-7,15,17,20H,2,5,8-9H2,1,3H3. The summed E-state index contributed by atoms with van der Waals surface area (Å²) in [6.07, 6.45) is 2.11. The van der Waals surface area contributed by atoms with Crippen molar-refractivity contribution >= 4 is 11.8 Å². The van der Waals surface area contributed by atoms with Gasteiger partial charge in [0.2, 0.25) is 0 Å². The molecule has 1 aromatic heterocycles. The van der Waals surface area contributed by atoms with Gasteiger partial charge in [-0.15, -0.1) is 0 Å². The molecule has 2 unspecified atom stereocenters. The first kappa shape index (κ1) is 15.5. The van der Waals surface area contributed by atoms with Crippen LogP contribution in [0, 0.1) is 12.8 Å². The van der Waals surface area contributed by atoms with Gasteiger partial charge in [0, 0.05) is 34.8 Å². The molecule has 0 aromatic carbocycles. The van der Waals surface area contributed by atoms with E-state index in [1.54, 1.807) is 0 Å². The number of aromatic nitrogens is 1. The maximum absolute atomic E-state index is 12.6. The van der Waals surface area contributed by atoms with E-state index in [1.165, 1.54) is 7.11 Å². The Labute approximate surface area is 135 Å². The molecular weight excluding hydrogens is 292 g/mol. The number of nitrogens with one attached hydrogen (secondary N) is 1. The van der Waals surface area contributed by atoms with Gasteiger partial charge in [0.05, 0.1) is 13.0 Å². The Bertz CT molecular complexity index is 721. The summed E-state index contributed by atoms with van der Waals surface area (Å²) in [6.45, 7) is 5.89. The predicted molar refractivity (Wildman–Crippen MR) is 85.4 cm³/mol. The van der Waals surface area contributed by atoms with Gasteiger partial charge < -0.3 is 10.1 Å². The zero-order chi connectivity index (χ0) is 16.6. The predicted octanol–water partition coefficient (Wildman–Crippen LogP) is 2.39. The molecule has 5 nitrogen and oxygen atoms in total. The number of carbonyl (C=O) groups excluding carboxylic acids is 2. The third kappa shape index (κ3) is 2.67. The zero-order valence-electron chi connectivity index (χ0n) is 13.4. The van der Waals surface area contributed by atoms with Crippen LogP contribution in [0.2, 0.25) is 0 Å². The number of rotatable bonds is 2. The largest absolute Gasteiger partial charge is 0.468 e. The number of allylic oxidation sites excluding steroid dienone is 2. The van der Waals surface area contributed by atoms with Crippen LogP contribution < -0.4 is 5.32 Å². The average Bonchev–Trinajstić information content (AvgIpc) is 2.53. The maximum Gasteiger partial charge on any atom is 0.315 e. The lowest BCUT2D eigenvalue weighted by Crippen LogP contribution is -2.41. The van der Waals surface area contributed by atoms with E-state index >= 15 is 0 Å². The highest BCUT2D eigenvalue weighted by molar-refractivity contribution is 6.00. The fourth-order valence-corrected chi connectivity index (χ4v) is 3.46. The van der Waals surface area contributed by atoms with Gasteiger partial charge in [0.15, 0.2) is 5.78 Å². The summed E-state index contributed by atoms with van der Waals surface area (Å²) in [4.78, 5) is 29.5. The Kier molecular flexibility index (Phi) is 4.03. The smallest absolute Gasteiger partial charge is 0.315 e. The van der Waals surface area contributed by atoms with Crippen molar-refractivity contribution in [3.63, 3.8) is 0 Å². The van der Waals surface area contributed by atoms with E-state index in [1.807, 2.05) is 25.1 Å². The molecule has 0 saturated carbocycles. The van der Waals surface area contributed by atoms with Crippen LogP contribution in [0.4, 0.5) is 0 Å². The number of ketones is 1. The van der Waals surface area contributed by atoms with Gasteiger partial charge in [-0.1, -0.05) is 12.6 Å². The molecule has 5 heteroatoms. The number of pyridine rings is 1. The highest BCUT2D eigenvalue weighted by Crippen LogP contribution is 2.43. The topological polar surface area (TPSA) is 68.3 Å². The van der Waals surface area contributed by atoms with Gasteiger partial charge in [0.25, 0.3) is 0 Å². The second-order valence-corrected chi connectivity index (χ2v) is 6.00. The molecule has 120 valence electrons. The van der Waals surface area contributed by atoms with Gasteiger partial charge in [0.1, 0.15) is 5.92 Å². The van der Waals surface area contributed by atoms with Crippen molar-refractivity contribution < 1.29 is 14.3 Å². The van der Waals surface area contributed by atoms with Crippen LogP contribution in [0.1, 0.15) is 36.6 Å². The summed E-state index contributed by atoms with van der Waals surface area (Å²) in [5.74, 6) is -1.40. The van der Waals surface area contributed by atoms with Gasteiger partial charge in [-0.05, 0) is 31.9 Å². The van der Waals surface area contributed by atoms with E-state index in [-0.39, 0.29) is 5.78 Å². The molecule has 0 saturated heterocycles. The molecule has 2 heterocycles. The van der Waals surface area contributed by atoms with Crippen molar-refractivity contribution in [1.82, 2.24) is 10.3 Å². The summed E-state index contributed by atoms with van der Waals surface area (Å²) in [6, 6.07) is 5.65. The fourth-order valence-electron chi connectivity index (χ4n) is 3.46. The summed E-state index contributed by atoms with van der Waals surface area (Å²) in [5, 5.41) is 3.16. The number of Topliss-reactive ketones (excluding diaryl/α,β-unsaturated/α-hetero) is 1. The lowest BCUT2D eigenvalue weighted by Gasteiger charge is -2.37. The number of hydrogen-bond acceptors (Lipinski definition) is 5. The van der Waals surface area contributed by atoms with Crippen LogP contribution in [0.5, 0.6) is 0 Å². The third-order valence-electron chi connectivity index (χ3n) is 4.47. The number of carbonyl (C=O) groups is 2. The van der Waals surface area contributed by atoms with Gasteiger partial charge in [-0.3, -0.25) is 14.6 Å². The minimum atomic E-state index is -0.643. The first-order chi connectivity index (χ1) is 11.0. The number of nitrogens with zero attached hydrogens (tertiary/aromatic N) is 1. The number of ether oxygens (including phenoxy) is 1. The number of methoxy groups -OCH3 is 1. The van der Waals surface area contributed by atoms with Gasteiger partial charge >= 0.3 is 5.97 Å².